The molecule has 0 bridgehead atoms. The van der Waals surface area contributed by atoms with Crippen molar-refractivity contribution in [3.05, 3.63) is 35.4 Å². The molecule has 0 N–H and O–H groups in total. The quantitative estimate of drug-likeness (QED) is 0.738. The first-order chi connectivity index (χ1) is 10.6. The van der Waals surface area contributed by atoms with Crippen LogP contribution in [0.2, 0.25) is 0 Å². The smallest absolute Gasteiger partial charge is 0.311 e. The highest BCUT2D eigenvalue weighted by atomic mass is 32.2. The lowest BCUT2D eigenvalue weighted by Gasteiger charge is -2.40. The second kappa shape index (κ2) is 5.58. The standard InChI is InChI=1S/C16H19NO3S2/c18-22(19)11-14(17-8-4-1-5-9-17)13-10-21-15-7-3-2-6-12(15)16(13)20-22/h2-3,6-7,14H,1,4-5,8-11H2/t14-/m0/s1. The van der Waals surface area contributed by atoms with Crippen molar-refractivity contribution in [2.24, 2.45) is 0 Å². The predicted molar refractivity (Wildman–Crippen MR) is 88.2 cm³/mol. The molecule has 0 amide bonds. The molecular formula is C16H19NO3S2. The average Bonchev–Trinajstić information content (AvgIpc) is 2.54. The number of hydrogen-bond donors (Lipinski definition) is 0. The number of nitrogens with zero attached hydrogens (tertiary/aromatic N) is 1. The first-order valence-electron chi connectivity index (χ1n) is 7.75. The zero-order valence-corrected chi connectivity index (χ0v) is 14.0. The molecule has 1 aromatic rings. The topological polar surface area (TPSA) is 46.6 Å². The maximum atomic E-state index is 12.3. The van der Waals surface area contributed by atoms with Gasteiger partial charge in [0.05, 0.1) is 6.04 Å². The van der Waals surface area contributed by atoms with Gasteiger partial charge in [-0.25, -0.2) is 0 Å². The van der Waals surface area contributed by atoms with Crippen molar-refractivity contribution in [1.82, 2.24) is 4.90 Å². The van der Waals surface area contributed by atoms with Crippen LogP contribution >= 0.6 is 11.8 Å². The van der Waals surface area contributed by atoms with Crippen LogP contribution in [0.4, 0.5) is 0 Å². The highest BCUT2D eigenvalue weighted by Crippen LogP contribution is 2.43. The van der Waals surface area contributed by atoms with Gasteiger partial charge in [-0.15, -0.1) is 11.8 Å². The van der Waals surface area contributed by atoms with Crippen LogP contribution in [-0.2, 0) is 14.3 Å². The SMILES string of the molecule is O=S1(=O)C[C@H](N2CCCCC2)C2=C(O1)c1ccccc1SC2. The van der Waals surface area contributed by atoms with E-state index in [0.29, 0.717) is 5.76 Å². The summed E-state index contributed by atoms with van der Waals surface area (Å²) < 4.78 is 30.0. The van der Waals surface area contributed by atoms with Crippen molar-refractivity contribution in [1.29, 1.82) is 0 Å². The maximum absolute atomic E-state index is 12.3. The van der Waals surface area contributed by atoms with Crippen LogP contribution in [0.1, 0.15) is 24.8 Å². The van der Waals surface area contributed by atoms with Gasteiger partial charge in [0.2, 0.25) is 0 Å². The molecule has 3 aliphatic heterocycles. The largest absolute Gasteiger partial charge is 0.382 e. The molecule has 1 saturated heterocycles. The van der Waals surface area contributed by atoms with Crippen LogP contribution in [0.5, 0.6) is 0 Å². The predicted octanol–water partition coefficient (Wildman–Crippen LogP) is 2.72. The van der Waals surface area contributed by atoms with E-state index in [1.54, 1.807) is 11.8 Å². The molecule has 0 radical (unpaired) electrons. The van der Waals surface area contributed by atoms with Gasteiger partial charge in [-0.3, -0.25) is 4.90 Å². The zero-order valence-electron chi connectivity index (χ0n) is 12.3. The summed E-state index contributed by atoms with van der Waals surface area (Å²) in [6, 6.07) is 7.90. The Hall–Kier alpha value is -0.980. The van der Waals surface area contributed by atoms with Gasteiger partial charge < -0.3 is 4.18 Å². The molecule has 118 valence electrons. The Morgan fingerprint density at radius 1 is 1.14 bits per heavy atom. The third-order valence-electron chi connectivity index (χ3n) is 4.61. The van der Waals surface area contributed by atoms with Crippen molar-refractivity contribution < 1.29 is 12.6 Å². The Morgan fingerprint density at radius 2 is 1.91 bits per heavy atom. The lowest BCUT2D eigenvalue weighted by Crippen LogP contribution is -2.47. The number of hydrogen-bond acceptors (Lipinski definition) is 5. The Balaban J connectivity index is 1.80. The lowest BCUT2D eigenvalue weighted by molar-refractivity contribution is 0.190. The molecule has 0 spiro atoms. The van der Waals surface area contributed by atoms with Crippen LogP contribution in [0, 0.1) is 0 Å². The molecule has 6 heteroatoms. The van der Waals surface area contributed by atoms with Gasteiger partial charge in [0.1, 0.15) is 5.75 Å². The molecule has 3 aliphatic rings. The fourth-order valence-electron chi connectivity index (χ4n) is 3.53. The van der Waals surface area contributed by atoms with E-state index in [1.807, 2.05) is 24.3 Å². The minimum Gasteiger partial charge on any atom is -0.382 e. The number of piperidine rings is 1. The van der Waals surface area contributed by atoms with Crippen molar-refractivity contribution in [2.75, 3.05) is 24.6 Å². The summed E-state index contributed by atoms with van der Waals surface area (Å²) in [7, 11) is -3.50. The van der Waals surface area contributed by atoms with Gasteiger partial charge >= 0.3 is 10.1 Å². The van der Waals surface area contributed by atoms with Crippen LogP contribution < -0.4 is 0 Å². The van der Waals surface area contributed by atoms with Crippen molar-refractivity contribution >= 4 is 27.6 Å². The summed E-state index contributed by atoms with van der Waals surface area (Å²) in [5.41, 5.74) is 2.08. The number of benzene rings is 1. The summed E-state index contributed by atoms with van der Waals surface area (Å²) in [6.45, 7) is 1.98. The monoisotopic (exact) mass is 337 g/mol. The molecule has 0 aliphatic carbocycles. The summed E-state index contributed by atoms with van der Waals surface area (Å²) in [4.78, 5) is 3.45. The van der Waals surface area contributed by atoms with Gasteiger partial charge in [0.15, 0.2) is 5.76 Å². The van der Waals surface area contributed by atoms with E-state index in [-0.39, 0.29) is 11.8 Å². The first-order valence-corrected chi connectivity index (χ1v) is 10.3. The summed E-state index contributed by atoms with van der Waals surface area (Å²) in [5.74, 6) is 1.51. The summed E-state index contributed by atoms with van der Waals surface area (Å²) in [5, 5.41) is 0. The number of likely N-dealkylation sites (tertiary alicyclic amines) is 1. The maximum Gasteiger partial charge on any atom is 0.311 e. The number of fused-ring (bicyclic) bond motifs is 2. The van der Waals surface area contributed by atoms with Crippen LogP contribution in [-0.4, -0.2) is 44.0 Å². The summed E-state index contributed by atoms with van der Waals surface area (Å²) >= 11 is 1.78. The van der Waals surface area contributed by atoms with Crippen molar-refractivity contribution in [3.63, 3.8) is 0 Å². The highest BCUT2D eigenvalue weighted by Gasteiger charge is 2.39. The van der Waals surface area contributed by atoms with E-state index in [4.69, 9.17) is 4.18 Å². The van der Waals surface area contributed by atoms with E-state index in [2.05, 4.69) is 4.90 Å². The van der Waals surface area contributed by atoms with Crippen molar-refractivity contribution in [3.8, 4) is 0 Å². The van der Waals surface area contributed by atoms with E-state index in [9.17, 15) is 8.42 Å². The zero-order chi connectivity index (χ0) is 15.2. The molecule has 3 heterocycles. The van der Waals surface area contributed by atoms with E-state index in [1.165, 1.54) is 6.42 Å². The van der Waals surface area contributed by atoms with E-state index >= 15 is 0 Å². The Morgan fingerprint density at radius 3 is 2.73 bits per heavy atom. The third kappa shape index (κ3) is 2.57. The molecule has 0 aromatic heterocycles. The number of thioether (sulfide) groups is 1. The van der Waals surface area contributed by atoms with Gasteiger partial charge in [0, 0.05) is 21.8 Å². The van der Waals surface area contributed by atoms with Crippen molar-refractivity contribution in [2.45, 2.75) is 30.2 Å². The molecule has 1 aromatic carbocycles. The Bertz CT molecular complexity index is 721. The minimum atomic E-state index is -3.50. The van der Waals surface area contributed by atoms with Crippen LogP contribution in [0.15, 0.2) is 34.7 Å². The molecule has 4 nitrogen and oxygen atoms in total. The third-order valence-corrected chi connectivity index (χ3v) is 6.88. The summed E-state index contributed by atoms with van der Waals surface area (Å²) in [6.07, 6.45) is 3.56. The fraction of sp³-hybridized carbons (Fsp3) is 0.500. The fourth-order valence-corrected chi connectivity index (χ4v) is 5.97. The van der Waals surface area contributed by atoms with E-state index < -0.39 is 10.1 Å². The highest BCUT2D eigenvalue weighted by molar-refractivity contribution is 7.99. The molecular weight excluding hydrogens is 318 g/mol. The Labute approximate surface area is 135 Å². The minimum absolute atomic E-state index is 0.0186. The molecule has 0 saturated carbocycles. The van der Waals surface area contributed by atoms with Gasteiger partial charge in [-0.1, -0.05) is 24.6 Å². The first kappa shape index (κ1) is 14.6. The lowest BCUT2D eigenvalue weighted by atomic mass is 10.00. The second-order valence-corrected chi connectivity index (χ2v) is 8.69. The van der Waals surface area contributed by atoms with Gasteiger partial charge in [-0.2, -0.15) is 8.42 Å². The number of rotatable bonds is 1. The van der Waals surface area contributed by atoms with E-state index in [0.717, 1.165) is 47.7 Å². The molecule has 1 fully saturated rings. The van der Waals surface area contributed by atoms with Crippen LogP contribution in [0.3, 0.4) is 0 Å². The second-order valence-electron chi connectivity index (χ2n) is 6.06. The van der Waals surface area contributed by atoms with Crippen LogP contribution in [0.25, 0.3) is 5.76 Å². The molecule has 1 atom stereocenters. The molecule has 4 rings (SSSR count). The van der Waals surface area contributed by atoms with Gasteiger partial charge in [-0.05, 0) is 32.0 Å². The molecule has 22 heavy (non-hydrogen) atoms. The van der Waals surface area contributed by atoms with Gasteiger partial charge in [0.25, 0.3) is 0 Å². The molecule has 0 unspecified atom stereocenters. The normalized spacial score (nSPS) is 27.7. The average molecular weight is 337 g/mol. The Kier molecular flexibility index (Phi) is 3.71.